The van der Waals surface area contributed by atoms with Gasteiger partial charge in [-0.3, -0.25) is 5.32 Å². The molecule has 0 spiro atoms. The van der Waals surface area contributed by atoms with Crippen molar-refractivity contribution in [2.75, 3.05) is 0 Å². The summed E-state index contributed by atoms with van der Waals surface area (Å²) in [6.07, 6.45) is 1.10. The van der Waals surface area contributed by atoms with Crippen LogP contribution in [-0.4, -0.2) is 11.8 Å². The van der Waals surface area contributed by atoms with E-state index in [1.165, 1.54) is 5.56 Å². The van der Waals surface area contributed by atoms with Crippen LogP contribution in [-0.2, 0) is 6.42 Å². The van der Waals surface area contributed by atoms with E-state index in [9.17, 15) is 0 Å². The summed E-state index contributed by atoms with van der Waals surface area (Å²) in [4.78, 5) is 0. The summed E-state index contributed by atoms with van der Waals surface area (Å²) in [5, 5.41) is 3.44. The van der Waals surface area contributed by atoms with E-state index >= 15 is 0 Å². The lowest BCUT2D eigenvalue weighted by molar-refractivity contribution is 0.154. The Hall–Kier alpha value is -1.02. The van der Waals surface area contributed by atoms with Crippen molar-refractivity contribution in [3.8, 4) is 5.75 Å². The van der Waals surface area contributed by atoms with Crippen molar-refractivity contribution >= 4 is 0 Å². The van der Waals surface area contributed by atoms with Gasteiger partial charge >= 0.3 is 0 Å². The lowest BCUT2D eigenvalue weighted by Crippen LogP contribution is -2.45. The van der Waals surface area contributed by atoms with Crippen LogP contribution in [0.15, 0.2) is 24.3 Å². The summed E-state index contributed by atoms with van der Waals surface area (Å²) in [5.41, 5.74) is 1.40. The van der Waals surface area contributed by atoms with Crippen LogP contribution in [0.1, 0.15) is 26.3 Å². The summed E-state index contributed by atoms with van der Waals surface area (Å²) >= 11 is 0. The second-order valence-corrected chi connectivity index (χ2v) is 4.81. The summed E-state index contributed by atoms with van der Waals surface area (Å²) in [7, 11) is 0. The van der Waals surface area contributed by atoms with Gasteiger partial charge in [-0.05, 0) is 32.4 Å². The van der Waals surface area contributed by atoms with Gasteiger partial charge in [-0.25, -0.2) is 0 Å². The molecule has 76 valence electrons. The van der Waals surface area contributed by atoms with Crippen molar-refractivity contribution in [3.05, 3.63) is 29.8 Å². The Bertz CT molecular complexity index is 302. The molecule has 0 saturated heterocycles. The fourth-order valence-corrected chi connectivity index (χ4v) is 1.75. The summed E-state index contributed by atoms with van der Waals surface area (Å²) in [5.74, 6) is 1.02. The molecule has 0 aliphatic carbocycles. The van der Waals surface area contributed by atoms with E-state index in [-0.39, 0.29) is 11.8 Å². The Morgan fingerprint density at radius 2 is 2.00 bits per heavy atom. The average molecular weight is 191 g/mol. The number of rotatable bonds is 1. The van der Waals surface area contributed by atoms with Gasteiger partial charge in [0.25, 0.3) is 0 Å². The van der Waals surface area contributed by atoms with Crippen LogP contribution in [0.5, 0.6) is 5.75 Å². The Morgan fingerprint density at radius 1 is 1.29 bits per heavy atom. The van der Waals surface area contributed by atoms with Crippen molar-refractivity contribution in [1.82, 2.24) is 5.32 Å². The van der Waals surface area contributed by atoms with E-state index in [2.05, 4.69) is 38.2 Å². The fourth-order valence-electron chi connectivity index (χ4n) is 1.75. The molecular formula is C12H17NO. The van der Waals surface area contributed by atoms with E-state index in [1.54, 1.807) is 0 Å². The average Bonchev–Trinajstić information content (AvgIpc) is 2.42. The van der Waals surface area contributed by atoms with Crippen LogP contribution in [0.2, 0.25) is 0 Å². The van der Waals surface area contributed by atoms with E-state index in [0.29, 0.717) is 0 Å². The van der Waals surface area contributed by atoms with Crippen molar-refractivity contribution < 1.29 is 4.74 Å². The third kappa shape index (κ3) is 2.07. The van der Waals surface area contributed by atoms with Crippen LogP contribution in [0.4, 0.5) is 0 Å². The lowest BCUT2D eigenvalue weighted by atomic mass is 10.1. The van der Waals surface area contributed by atoms with Crippen LogP contribution in [0.25, 0.3) is 0 Å². The number of ether oxygens (including phenoxy) is 1. The Morgan fingerprint density at radius 3 is 2.64 bits per heavy atom. The number of fused-ring (bicyclic) bond motifs is 1. The van der Waals surface area contributed by atoms with Gasteiger partial charge in [0.05, 0.1) is 0 Å². The molecule has 1 atom stereocenters. The molecule has 2 nitrogen and oxygen atoms in total. The smallest absolute Gasteiger partial charge is 0.154 e. The topological polar surface area (TPSA) is 21.3 Å². The van der Waals surface area contributed by atoms with Gasteiger partial charge in [0.1, 0.15) is 5.75 Å². The lowest BCUT2D eigenvalue weighted by Gasteiger charge is -2.25. The Balaban J connectivity index is 2.05. The molecule has 1 aromatic rings. The van der Waals surface area contributed by atoms with Crippen LogP contribution in [0.3, 0.4) is 0 Å². The van der Waals surface area contributed by atoms with Gasteiger partial charge < -0.3 is 4.74 Å². The Kier molecular flexibility index (Phi) is 2.23. The molecule has 0 amide bonds. The van der Waals surface area contributed by atoms with Crippen LogP contribution >= 0.6 is 0 Å². The SMILES string of the molecule is CC(C)(C)NC1Cc2ccccc2O1. The maximum Gasteiger partial charge on any atom is 0.154 e. The summed E-state index contributed by atoms with van der Waals surface area (Å²) in [6.45, 7) is 6.46. The first-order valence-corrected chi connectivity index (χ1v) is 5.07. The third-order valence-electron chi connectivity index (χ3n) is 2.24. The maximum absolute atomic E-state index is 5.77. The van der Waals surface area contributed by atoms with Crippen LogP contribution < -0.4 is 10.1 Å². The first-order valence-electron chi connectivity index (χ1n) is 5.07. The van der Waals surface area contributed by atoms with Gasteiger partial charge in [0.15, 0.2) is 6.23 Å². The van der Waals surface area contributed by atoms with Crippen LogP contribution in [0, 0.1) is 0 Å². The second-order valence-electron chi connectivity index (χ2n) is 4.81. The largest absolute Gasteiger partial charge is 0.475 e. The molecule has 2 heteroatoms. The molecule has 1 N–H and O–H groups in total. The zero-order valence-electron chi connectivity index (χ0n) is 9.00. The predicted octanol–water partition coefficient (Wildman–Crippen LogP) is 2.34. The first-order chi connectivity index (χ1) is 6.54. The van der Waals surface area contributed by atoms with Gasteiger partial charge in [-0.15, -0.1) is 0 Å². The van der Waals surface area contributed by atoms with Gasteiger partial charge in [0, 0.05) is 12.0 Å². The monoisotopic (exact) mass is 191 g/mol. The zero-order chi connectivity index (χ0) is 10.2. The molecule has 0 aromatic heterocycles. The van der Waals surface area contributed by atoms with E-state index in [1.807, 2.05) is 12.1 Å². The van der Waals surface area contributed by atoms with Gasteiger partial charge in [-0.2, -0.15) is 0 Å². The highest BCUT2D eigenvalue weighted by Gasteiger charge is 2.25. The summed E-state index contributed by atoms with van der Waals surface area (Å²) in [6, 6.07) is 8.22. The molecule has 1 heterocycles. The molecule has 1 aliphatic rings. The zero-order valence-corrected chi connectivity index (χ0v) is 9.00. The first kappa shape index (κ1) is 9.53. The quantitative estimate of drug-likeness (QED) is 0.735. The molecular weight excluding hydrogens is 174 g/mol. The van der Waals surface area contributed by atoms with E-state index in [0.717, 1.165) is 12.2 Å². The van der Waals surface area contributed by atoms with Crippen molar-refractivity contribution in [2.45, 2.75) is 39.0 Å². The molecule has 1 aliphatic heterocycles. The minimum absolute atomic E-state index is 0.104. The molecule has 0 saturated carbocycles. The highest BCUT2D eigenvalue weighted by Crippen LogP contribution is 2.27. The molecule has 0 bridgehead atoms. The molecule has 2 rings (SSSR count). The molecule has 1 unspecified atom stereocenters. The normalized spacial score (nSPS) is 20.4. The molecule has 1 aromatic carbocycles. The minimum Gasteiger partial charge on any atom is -0.475 e. The number of hydrogen-bond donors (Lipinski definition) is 1. The van der Waals surface area contributed by atoms with Gasteiger partial charge in [-0.1, -0.05) is 18.2 Å². The number of nitrogens with one attached hydrogen (secondary N) is 1. The van der Waals surface area contributed by atoms with Crippen molar-refractivity contribution in [3.63, 3.8) is 0 Å². The molecule has 14 heavy (non-hydrogen) atoms. The van der Waals surface area contributed by atoms with E-state index in [4.69, 9.17) is 4.74 Å². The van der Waals surface area contributed by atoms with Gasteiger partial charge in [0.2, 0.25) is 0 Å². The number of hydrogen-bond acceptors (Lipinski definition) is 2. The minimum atomic E-state index is 0.104. The number of para-hydroxylation sites is 1. The number of benzene rings is 1. The molecule has 0 fully saturated rings. The van der Waals surface area contributed by atoms with Crippen molar-refractivity contribution in [2.24, 2.45) is 0 Å². The predicted molar refractivity (Wildman–Crippen MR) is 57.5 cm³/mol. The van der Waals surface area contributed by atoms with Crippen molar-refractivity contribution in [1.29, 1.82) is 0 Å². The standard InChI is InChI=1S/C12H17NO/c1-12(2,3)13-11-8-9-6-4-5-7-10(9)14-11/h4-7,11,13H,8H2,1-3H3. The van der Waals surface area contributed by atoms with E-state index < -0.39 is 0 Å². The third-order valence-corrected chi connectivity index (χ3v) is 2.24. The maximum atomic E-state index is 5.77. The highest BCUT2D eigenvalue weighted by molar-refractivity contribution is 5.37. The Labute approximate surface area is 85.3 Å². The highest BCUT2D eigenvalue weighted by atomic mass is 16.5. The fraction of sp³-hybridized carbons (Fsp3) is 0.500. The second kappa shape index (κ2) is 3.28. The summed E-state index contributed by atoms with van der Waals surface area (Å²) < 4.78 is 5.77. The molecule has 0 radical (unpaired) electrons.